The summed E-state index contributed by atoms with van der Waals surface area (Å²) in [6.07, 6.45) is 3.49. The van der Waals surface area contributed by atoms with E-state index in [1.165, 1.54) is 0 Å². The van der Waals surface area contributed by atoms with Crippen LogP contribution in [-0.2, 0) is 6.54 Å². The van der Waals surface area contributed by atoms with Crippen molar-refractivity contribution in [2.24, 2.45) is 0 Å². The molecule has 17 heavy (non-hydrogen) atoms. The molecule has 0 spiro atoms. The Morgan fingerprint density at radius 1 is 1.24 bits per heavy atom. The second-order valence-corrected chi connectivity index (χ2v) is 3.58. The standard InChI is InChI=1S/C12H14N4O/c1-9-3-4-10(7-14-9)8-15-12-13-6-5-11(16-12)17-2/h3-7H,8H2,1-2H3,(H,13,15,16). The third-order valence-corrected chi connectivity index (χ3v) is 2.26. The van der Waals surface area contributed by atoms with E-state index in [4.69, 9.17) is 4.74 Å². The fourth-order valence-electron chi connectivity index (χ4n) is 1.33. The van der Waals surface area contributed by atoms with Crippen LogP contribution in [0.15, 0.2) is 30.6 Å². The molecule has 0 fully saturated rings. The molecule has 0 aliphatic heterocycles. The summed E-state index contributed by atoms with van der Waals surface area (Å²) < 4.78 is 5.02. The van der Waals surface area contributed by atoms with Crippen LogP contribution in [0, 0.1) is 6.92 Å². The number of methoxy groups -OCH3 is 1. The van der Waals surface area contributed by atoms with E-state index >= 15 is 0 Å². The minimum Gasteiger partial charge on any atom is -0.481 e. The first-order valence-corrected chi connectivity index (χ1v) is 5.30. The van der Waals surface area contributed by atoms with Gasteiger partial charge in [0.2, 0.25) is 11.8 Å². The molecule has 2 aromatic rings. The third-order valence-electron chi connectivity index (χ3n) is 2.26. The first-order chi connectivity index (χ1) is 8.28. The van der Waals surface area contributed by atoms with Gasteiger partial charge in [-0.15, -0.1) is 0 Å². The first-order valence-electron chi connectivity index (χ1n) is 5.30. The van der Waals surface area contributed by atoms with Crippen LogP contribution in [0.1, 0.15) is 11.3 Å². The van der Waals surface area contributed by atoms with Crippen molar-refractivity contribution >= 4 is 5.95 Å². The quantitative estimate of drug-likeness (QED) is 0.867. The highest BCUT2D eigenvalue weighted by molar-refractivity contribution is 5.29. The molecular formula is C12H14N4O. The van der Waals surface area contributed by atoms with E-state index in [9.17, 15) is 0 Å². The van der Waals surface area contributed by atoms with Crippen molar-refractivity contribution < 1.29 is 4.74 Å². The highest BCUT2D eigenvalue weighted by atomic mass is 16.5. The van der Waals surface area contributed by atoms with Gasteiger partial charge in [-0.1, -0.05) is 6.07 Å². The van der Waals surface area contributed by atoms with E-state index < -0.39 is 0 Å². The molecule has 0 amide bonds. The van der Waals surface area contributed by atoms with Gasteiger partial charge in [-0.25, -0.2) is 4.98 Å². The molecular weight excluding hydrogens is 216 g/mol. The van der Waals surface area contributed by atoms with E-state index in [1.807, 2.05) is 25.3 Å². The number of ether oxygens (including phenoxy) is 1. The number of rotatable bonds is 4. The summed E-state index contributed by atoms with van der Waals surface area (Å²) in [4.78, 5) is 12.5. The van der Waals surface area contributed by atoms with Crippen LogP contribution < -0.4 is 10.1 Å². The second kappa shape index (κ2) is 5.25. The van der Waals surface area contributed by atoms with E-state index in [-0.39, 0.29) is 0 Å². The normalized spacial score (nSPS) is 10.0. The predicted molar refractivity (Wildman–Crippen MR) is 64.9 cm³/mol. The zero-order valence-corrected chi connectivity index (χ0v) is 9.84. The minimum atomic E-state index is 0.546. The fraction of sp³-hybridized carbons (Fsp3) is 0.250. The molecule has 0 radical (unpaired) electrons. The Balaban J connectivity index is 1.99. The number of nitrogens with zero attached hydrogens (tertiary/aromatic N) is 3. The van der Waals surface area contributed by atoms with Gasteiger partial charge in [-0.3, -0.25) is 4.98 Å². The summed E-state index contributed by atoms with van der Waals surface area (Å²) in [5.74, 6) is 1.09. The maximum Gasteiger partial charge on any atom is 0.226 e. The van der Waals surface area contributed by atoms with E-state index in [1.54, 1.807) is 19.4 Å². The molecule has 5 nitrogen and oxygen atoms in total. The summed E-state index contributed by atoms with van der Waals surface area (Å²) in [5.41, 5.74) is 2.09. The molecule has 0 aromatic carbocycles. The molecule has 0 aliphatic rings. The van der Waals surface area contributed by atoms with Crippen molar-refractivity contribution in [3.63, 3.8) is 0 Å². The van der Waals surface area contributed by atoms with Crippen molar-refractivity contribution in [1.29, 1.82) is 0 Å². The van der Waals surface area contributed by atoms with Crippen molar-refractivity contribution in [1.82, 2.24) is 15.0 Å². The van der Waals surface area contributed by atoms with Crippen LogP contribution in [0.25, 0.3) is 0 Å². The molecule has 0 aliphatic carbocycles. The molecule has 0 saturated carbocycles. The number of hydrogen-bond acceptors (Lipinski definition) is 5. The lowest BCUT2D eigenvalue weighted by molar-refractivity contribution is 0.397. The maximum absolute atomic E-state index is 5.02. The highest BCUT2D eigenvalue weighted by Gasteiger charge is 1.99. The molecule has 1 N–H and O–H groups in total. The largest absolute Gasteiger partial charge is 0.481 e. The van der Waals surface area contributed by atoms with Crippen molar-refractivity contribution in [2.75, 3.05) is 12.4 Å². The van der Waals surface area contributed by atoms with E-state index in [0.717, 1.165) is 11.3 Å². The first kappa shape index (κ1) is 11.3. The monoisotopic (exact) mass is 230 g/mol. The van der Waals surface area contributed by atoms with Crippen molar-refractivity contribution in [3.05, 3.63) is 41.9 Å². The van der Waals surface area contributed by atoms with Gasteiger partial charge >= 0.3 is 0 Å². The number of hydrogen-bond donors (Lipinski definition) is 1. The Morgan fingerprint density at radius 2 is 2.12 bits per heavy atom. The van der Waals surface area contributed by atoms with Crippen LogP contribution in [0.4, 0.5) is 5.95 Å². The molecule has 2 aromatic heterocycles. The molecule has 0 saturated heterocycles. The summed E-state index contributed by atoms with van der Waals surface area (Å²) in [6.45, 7) is 2.60. The predicted octanol–water partition coefficient (Wildman–Crippen LogP) is 1.80. The minimum absolute atomic E-state index is 0.546. The zero-order chi connectivity index (χ0) is 12.1. The third kappa shape index (κ3) is 3.14. The number of aromatic nitrogens is 3. The Labute approximate surface area is 99.9 Å². The van der Waals surface area contributed by atoms with Crippen LogP contribution >= 0.6 is 0 Å². The van der Waals surface area contributed by atoms with Crippen LogP contribution in [0.5, 0.6) is 5.88 Å². The topological polar surface area (TPSA) is 59.9 Å². The lowest BCUT2D eigenvalue weighted by Gasteiger charge is -2.05. The molecule has 2 heterocycles. The summed E-state index contributed by atoms with van der Waals surface area (Å²) in [6, 6.07) is 5.71. The molecule has 88 valence electrons. The molecule has 0 bridgehead atoms. The van der Waals surface area contributed by atoms with Crippen molar-refractivity contribution in [3.8, 4) is 5.88 Å². The summed E-state index contributed by atoms with van der Waals surface area (Å²) >= 11 is 0. The van der Waals surface area contributed by atoms with Gasteiger partial charge in [0.15, 0.2) is 0 Å². The smallest absolute Gasteiger partial charge is 0.226 e. The van der Waals surface area contributed by atoms with Gasteiger partial charge < -0.3 is 10.1 Å². The van der Waals surface area contributed by atoms with Gasteiger partial charge in [0, 0.05) is 30.7 Å². The van der Waals surface area contributed by atoms with Gasteiger partial charge in [-0.05, 0) is 18.6 Å². The second-order valence-electron chi connectivity index (χ2n) is 3.58. The average Bonchev–Trinajstić information content (AvgIpc) is 2.38. The van der Waals surface area contributed by atoms with E-state index in [2.05, 4.69) is 20.3 Å². The van der Waals surface area contributed by atoms with Gasteiger partial charge in [-0.2, -0.15) is 4.98 Å². The van der Waals surface area contributed by atoms with Gasteiger partial charge in [0.1, 0.15) is 0 Å². The highest BCUT2D eigenvalue weighted by Crippen LogP contribution is 2.08. The SMILES string of the molecule is COc1ccnc(NCc2ccc(C)nc2)n1. The summed E-state index contributed by atoms with van der Waals surface area (Å²) in [7, 11) is 1.58. The Kier molecular flexibility index (Phi) is 3.49. The van der Waals surface area contributed by atoms with Gasteiger partial charge in [0.05, 0.1) is 7.11 Å². The van der Waals surface area contributed by atoms with Crippen molar-refractivity contribution in [2.45, 2.75) is 13.5 Å². The summed E-state index contributed by atoms with van der Waals surface area (Å²) in [5, 5.41) is 3.11. The fourth-order valence-corrected chi connectivity index (χ4v) is 1.33. The zero-order valence-electron chi connectivity index (χ0n) is 9.84. The van der Waals surface area contributed by atoms with Crippen LogP contribution in [-0.4, -0.2) is 22.1 Å². The average molecular weight is 230 g/mol. The van der Waals surface area contributed by atoms with E-state index in [0.29, 0.717) is 18.4 Å². The molecule has 0 atom stereocenters. The molecule has 2 rings (SSSR count). The maximum atomic E-state index is 5.02. The number of pyridine rings is 1. The molecule has 0 unspecified atom stereocenters. The van der Waals surface area contributed by atoms with Crippen LogP contribution in [0.2, 0.25) is 0 Å². The molecule has 5 heteroatoms. The van der Waals surface area contributed by atoms with Crippen LogP contribution in [0.3, 0.4) is 0 Å². The Morgan fingerprint density at radius 3 is 2.82 bits per heavy atom. The Hall–Kier alpha value is -2.17. The lowest BCUT2D eigenvalue weighted by atomic mass is 10.2. The van der Waals surface area contributed by atoms with Gasteiger partial charge in [0.25, 0.3) is 0 Å². The lowest BCUT2D eigenvalue weighted by Crippen LogP contribution is -2.04. The number of anilines is 1. The number of aryl methyl sites for hydroxylation is 1. The number of nitrogens with one attached hydrogen (secondary N) is 1. The Bertz CT molecular complexity index is 484.